The monoisotopic (exact) mass is 366 g/mol. The standard InChI is InChI=1S/C19H27FN2O4/c1-19(2,3)26-17(23)21(4)16-10-11-22(12-15(16)20)18(24)25-13-14-8-6-5-7-9-14/h5-9,15-16H,10-13H2,1-4H3/t15-,16+/m0/s1. The van der Waals surface area contributed by atoms with E-state index in [0.29, 0.717) is 13.0 Å². The number of likely N-dealkylation sites (tertiary alicyclic amines) is 1. The lowest BCUT2D eigenvalue weighted by molar-refractivity contribution is -0.00298. The van der Waals surface area contributed by atoms with Crippen molar-refractivity contribution in [1.82, 2.24) is 9.80 Å². The van der Waals surface area contributed by atoms with Crippen molar-refractivity contribution in [1.29, 1.82) is 0 Å². The molecule has 2 rings (SSSR count). The number of carbonyl (C=O) groups excluding carboxylic acids is 2. The van der Waals surface area contributed by atoms with Crippen LogP contribution in [-0.2, 0) is 16.1 Å². The van der Waals surface area contributed by atoms with Gasteiger partial charge in [-0.1, -0.05) is 30.3 Å². The lowest BCUT2D eigenvalue weighted by Gasteiger charge is -2.38. The highest BCUT2D eigenvalue weighted by Crippen LogP contribution is 2.21. The molecule has 1 aliphatic heterocycles. The van der Waals surface area contributed by atoms with Crippen LogP contribution in [0.3, 0.4) is 0 Å². The van der Waals surface area contributed by atoms with Crippen LogP contribution in [0, 0.1) is 0 Å². The van der Waals surface area contributed by atoms with Crippen molar-refractivity contribution in [2.75, 3.05) is 20.1 Å². The fourth-order valence-electron chi connectivity index (χ4n) is 2.77. The molecule has 6 nitrogen and oxygen atoms in total. The quantitative estimate of drug-likeness (QED) is 0.820. The molecule has 1 aliphatic rings. The van der Waals surface area contributed by atoms with E-state index in [9.17, 15) is 14.0 Å². The van der Waals surface area contributed by atoms with Gasteiger partial charge < -0.3 is 19.3 Å². The Morgan fingerprint density at radius 2 is 1.92 bits per heavy atom. The van der Waals surface area contributed by atoms with Crippen LogP contribution in [0.1, 0.15) is 32.8 Å². The van der Waals surface area contributed by atoms with E-state index in [0.717, 1.165) is 5.56 Å². The number of hydrogen-bond acceptors (Lipinski definition) is 4. The van der Waals surface area contributed by atoms with Crippen LogP contribution in [0.4, 0.5) is 14.0 Å². The lowest BCUT2D eigenvalue weighted by Crippen LogP contribution is -2.54. The Morgan fingerprint density at radius 1 is 1.27 bits per heavy atom. The summed E-state index contributed by atoms with van der Waals surface area (Å²) >= 11 is 0. The van der Waals surface area contributed by atoms with Gasteiger partial charge in [0.15, 0.2) is 0 Å². The summed E-state index contributed by atoms with van der Waals surface area (Å²) in [7, 11) is 1.52. The molecule has 1 heterocycles. The number of amides is 2. The molecular weight excluding hydrogens is 339 g/mol. The van der Waals surface area contributed by atoms with Crippen molar-refractivity contribution in [2.45, 2.75) is 51.6 Å². The predicted molar refractivity (Wildman–Crippen MR) is 95.5 cm³/mol. The molecule has 2 amide bonds. The summed E-state index contributed by atoms with van der Waals surface area (Å²) < 4.78 is 25.1. The van der Waals surface area contributed by atoms with Gasteiger partial charge in [0.1, 0.15) is 18.4 Å². The summed E-state index contributed by atoms with van der Waals surface area (Å²) in [5.41, 5.74) is 0.233. The molecule has 0 spiro atoms. The van der Waals surface area contributed by atoms with Crippen molar-refractivity contribution >= 4 is 12.2 Å². The molecule has 0 bridgehead atoms. The molecule has 1 aromatic carbocycles. The maximum Gasteiger partial charge on any atom is 0.410 e. The molecule has 7 heteroatoms. The molecule has 0 N–H and O–H groups in total. The topological polar surface area (TPSA) is 59.1 Å². The Labute approximate surface area is 153 Å². The number of piperidine rings is 1. The number of carbonyl (C=O) groups is 2. The van der Waals surface area contributed by atoms with Gasteiger partial charge >= 0.3 is 12.2 Å². The second-order valence-corrected chi connectivity index (χ2v) is 7.45. The van der Waals surface area contributed by atoms with Gasteiger partial charge in [-0.2, -0.15) is 0 Å². The van der Waals surface area contributed by atoms with Crippen LogP contribution in [-0.4, -0.2) is 59.9 Å². The van der Waals surface area contributed by atoms with Crippen LogP contribution < -0.4 is 0 Å². The Kier molecular flexibility index (Phi) is 6.45. The van der Waals surface area contributed by atoms with Gasteiger partial charge in [0, 0.05) is 13.6 Å². The summed E-state index contributed by atoms with van der Waals surface area (Å²) in [4.78, 5) is 26.9. The first-order chi connectivity index (χ1) is 12.2. The summed E-state index contributed by atoms with van der Waals surface area (Å²) in [6.45, 7) is 5.65. The van der Waals surface area contributed by atoms with Gasteiger partial charge in [-0.3, -0.25) is 0 Å². The first-order valence-electron chi connectivity index (χ1n) is 8.73. The Bertz CT molecular complexity index is 618. The minimum absolute atomic E-state index is 0.106. The molecule has 26 heavy (non-hydrogen) atoms. The first kappa shape index (κ1) is 20.0. The molecule has 1 aromatic rings. The molecule has 0 aromatic heterocycles. The number of rotatable bonds is 3. The average molecular weight is 366 g/mol. The van der Waals surface area contributed by atoms with E-state index < -0.39 is 30.0 Å². The van der Waals surface area contributed by atoms with E-state index in [4.69, 9.17) is 9.47 Å². The Balaban J connectivity index is 1.85. The van der Waals surface area contributed by atoms with E-state index in [1.165, 1.54) is 16.8 Å². The second-order valence-electron chi connectivity index (χ2n) is 7.45. The second kappa shape index (κ2) is 8.38. The lowest BCUT2D eigenvalue weighted by atomic mass is 10.0. The molecule has 2 atom stereocenters. The third-order valence-electron chi connectivity index (χ3n) is 4.15. The highest BCUT2D eigenvalue weighted by Gasteiger charge is 2.37. The zero-order valence-corrected chi connectivity index (χ0v) is 15.8. The normalized spacial score (nSPS) is 20.4. The fraction of sp³-hybridized carbons (Fsp3) is 0.579. The maximum atomic E-state index is 14.6. The molecule has 0 unspecified atom stereocenters. The first-order valence-corrected chi connectivity index (χ1v) is 8.73. The van der Waals surface area contributed by atoms with E-state index in [2.05, 4.69) is 0 Å². The Morgan fingerprint density at radius 3 is 2.50 bits per heavy atom. The summed E-state index contributed by atoms with van der Waals surface area (Å²) in [5, 5.41) is 0. The largest absolute Gasteiger partial charge is 0.445 e. The third-order valence-corrected chi connectivity index (χ3v) is 4.15. The molecule has 0 aliphatic carbocycles. The highest BCUT2D eigenvalue weighted by atomic mass is 19.1. The molecular formula is C19H27FN2O4. The van der Waals surface area contributed by atoms with Crippen LogP contribution in [0.2, 0.25) is 0 Å². The van der Waals surface area contributed by atoms with E-state index >= 15 is 0 Å². The van der Waals surface area contributed by atoms with Crippen LogP contribution in [0.5, 0.6) is 0 Å². The van der Waals surface area contributed by atoms with Crippen molar-refractivity contribution in [3.05, 3.63) is 35.9 Å². The molecule has 0 saturated carbocycles. The van der Waals surface area contributed by atoms with Gasteiger partial charge in [0.25, 0.3) is 0 Å². The molecule has 1 fully saturated rings. The third kappa shape index (κ3) is 5.61. The fourth-order valence-corrected chi connectivity index (χ4v) is 2.77. The van der Waals surface area contributed by atoms with E-state index in [-0.39, 0.29) is 13.2 Å². The van der Waals surface area contributed by atoms with Crippen molar-refractivity contribution in [3.63, 3.8) is 0 Å². The number of alkyl halides is 1. The van der Waals surface area contributed by atoms with Gasteiger partial charge in [-0.05, 0) is 32.8 Å². The van der Waals surface area contributed by atoms with Gasteiger partial charge in [-0.25, -0.2) is 14.0 Å². The minimum Gasteiger partial charge on any atom is -0.445 e. The Hall–Kier alpha value is -2.31. The maximum absolute atomic E-state index is 14.6. The van der Waals surface area contributed by atoms with Gasteiger partial charge in [0.05, 0.1) is 12.6 Å². The summed E-state index contributed by atoms with van der Waals surface area (Å²) in [5.74, 6) is 0. The SMILES string of the molecule is CN(C(=O)OC(C)(C)C)[C@@H]1CCN(C(=O)OCc2ccccc2)C[C@@H]1F. The number of benzene rings is 1. The van der Waals surface area contributed by atoms with Crippen LogP contribution >= 0.6 is 0 Å². The number of hydrogen-bond donors (Lipinski definition) is 0. The summed E-state index contributed by atoms with van der Waals surface area (Å²) in [6.07, 6.45) is -2.14. The number of ether oxygens (including phenoxy) is 2. The van der Waals surface area contributed by atoms with E-state index in [1.807, 2.05) is 30.3 Å². The minimum atomic E-state index is -1.36. The molecule has 1 saturated heterocycles. The van der Waals surface area contributed by atoms with Crippen molar-refractivity contribution in [2.24, 2.45) is 0 Å². The van der Waals surface area contributed by atoms with Crippen LogP contribution in [0.15, 0.2) is 30.3 Å². The van der Waals surface area contributed by atoms with Crippen LogP contribution in [0.25, 0.3) is 0 Å². The predicted octanol–water partition coefficient (Wildman–Crippen LogP) is 3.60. The highest BCUT2D eigenvalue weighted by molar-refractivity contribution is 5.69. The van der Waals surface area contributed by atoms with E-state index in [1.54, 1.807) is 20.8 Å². The van der Waals surface area contributed by atoms with Crippen molar-refractivity contribution < 1.29 is 23.5 Å². The van der Waals surface area contributed by atoms with Crippen molar-refractivity contribution in [3.8, 4) is 0 Å². The van der Waals surface area contributed by atoms with Gasteiger partial charge in [-0.15, -0.1) is 0 Å². The average Bonchev–Trinajstić information content (AvgIpc) is 2.58. The summed E-state index contributed by atoms with van der Waals surface area (Å²) in [6, 6.07) is 8.69. The number of halogens is 1. The molecule has 0 radical (unpaired) electrons. The molecule has 144 valence electrons. The van der Waals surface area contributed by atoms with Gasteiger partial charge in [0.2, 0.25) is 0 Å². The zero-order chi connectivity index (χ0) is 19.3. The zero-order valence-electron chi connectivity index (χ0n) is 15.8. The number of nitrogens with zero attached hydrogens (tertiary/aromatic N) is 2. The smallest absolute Gasteiger partial charge is 0.410 e.